The van der Waals surface area contributed by atoms with Crippen molar-refractivity contribution in [1.29, 1.82) is 0 Å². The minimum absolute atomic E-state index is 0.126. The van der Waals surface area contributed by atoms with E-state index in [1.807, 2.05) is 6.92 Å². The minimum atomic E-state index is -0.877. The van der Waals surface area contributed by atoms with E-state index in [0.717, 1.165) is 0 Å². The molecule has 1 heterocycles. The monoisotopic (exact) mass is 284 g/mol. The van der Waals surface area contributed by atoms with E-state index in [1.54, 1.807) is 17.1 Å². The van der Waals surface area contributed by atoms with Crippen molar-refractivity contribution in [1.82, 2.24) is 10.2 Å². The maximum absolute atomic E-state index is 12.1. The molecule has 7 heteroatoms. The second-order valence-corrected chi connectivity index (χ2v) is 5.28. The minimum Gasteiger partial charge on any atom is -0.481 e. The number of hydrogen-bond acceptors (Lipinski definition) is 4. The van der Waals surface area contributed by atoms with Gasteiger partial charge in [0.15, 0.2) is 0 Å². The van der Waals surface area contributed by atoms with E-state index in [4.69, 9.17) is 14.9 Å². The van der Waals surface area contributed by atoms with E-state index >= 15 is 0 Å². The molecule has 20 heavy (non-hydrogen) atoms. The number of hydrogen-bond donors (Lipinski definition) is 3. The molecule has 2 aliphatic rings. The van der Waals surface area contributed by atoms with Crippen molar-refractivity contribution in [2.45, 2.75) is 31.6 Å². The third kappa shape index (κ3) is 3.49. The molecule has 0 saturated carbocycles. The molecule has 0 aromatic rings. The molecule has 0 bridgehead atoms. The number of carboxylic acids is 1. The Labute approximate surface area is 117 Å². The van der Waals surface area contributed by atoms with Crippen molar-refractivity contribution < 1.29 is 24.5 Å². The summed E-state index contributed by atoms with van der Waals surface area (Å²) in [6.07, 6.45) is 3.20. The van der Waals surface area contributed by atoms with Crippen LogP contribution in [-0.4, -0.2) is 65.1 Å². The highest BCUT2D eigenvalue weighted by Crippen LogP contribution is 2.18. The molecule has 1 aliphatic heterocycles. The van der Waals surface area contributed by atoms with Crippen LogP contribution in [0.4, 0.5) is 4.79 Å². The van der Waals surface area contributed by atoms with E-state index in [2.05, 4.69) is 5.32 Å². The maximum atomic E-state index is 12.1. The predicted octanol–water partition coefficient (Wildman–Crippen LogP) is -0.193. The summed E-state index contributed by atoms with van der Waals surface area (Å²) in [5, 5.41) is 20.8. The molecular weight excluding hydrogens is 264 g/mol. The summed E-state index contributed by atoms with van der Waals surface area (Å²) < 4.78 is 5.47. The Morgan fingerprint density at radius 2 is 2.15 bits per heavy atom. The van der Waals surface area contributed by atoms with Crippen molar-refractivity contribution in [2.24, 2.45) is 5.92 Å². The number of urea groups is 1. The largest absolute Gasteiger partial charge is 0.481 e. The molecule has 3 N–H and O–H groups in total. The molecule has 1 saturated heterocycles. The second kappa shape index (κ2) is 6.23. The number of carboxylic acid groups (broad SMARTS) is 1. The first kappa shape index (κ1) is 14.8. The number of carbonyl (C=O) groups is 2. The van der Waals surface area contributed by atoms with E-state index in [-0.39, 0.29) is 30.9 Å². The van der Waals surface area contributed by atoms with Crippen molar-refractivity contribution in [3.05, 3.63) is 12.2 Å². The molecule has 2 rings (SSSR count). The van der Waals surface area contributed by atoms with Gasteiger partial charge in [-0.2, -0.15) is 0 Å². The number of aliphatic hydroxyl groups is 1. The Bertz CT molecular complexity index is 412. The van der Waals surface area contributed by atoms with Crippen molar-refractivity contribution in [3.63, 3.8) is 0 Å². The van der Waals surface area contributed by atoms with Gasteiger partial charge < -0.3 is 25.2 Å². The summed E-state index contributed by atoms with van der Waals surface area (Å²) in [6, 6.07) is -0.506. The quantitative estimate of drug-likeness (QED) is 0.624. The molecule has 0 radical (unpaired) electrons. The zero-order valence-electron chi connectivity index (χ0n) is 11.4. The van der Waals surface area contributed by atoms with Gasteiger partial charge in [0.25, 0.3) is 0 Å². The first-order valence-electron chi connectivity index (χ1n) is 6.72. The number of amides is 2. The maximum Gasteiger partial charge on any atom is 0.318 e. The van der Waals surface area contributed by atoms with Gasteiger partial charge in [-0.3, -0.25) is 4.79 Å². The highest BCUT2D eigenvalue weighted by Gasteiger charge is 2.30. The second-order valence-electron chi connectivity index (χ2n) is 5.28. The predicted molar refractivity (Wildman–Crippen MR) is 70.2 cm³/mol. The molecule has 1 aliphatic carbocycles. The van der Waals surface area contributed by atoms with Crippen LogP contribution in [0.2, 0.25) is 0 Å². The highest BCUT2D eigenvalue weighted by atomic mass is 16.5. The van der Waals surface area contributed by atoms with Gasteiger partial charge in [0, 0.05) is 6.54 Å². The fourth-order valence-electron chi connectivity index (χ4n) is 2.55. The standard InChI is InChI=1S/C13H20N2O5/c1-8-5-15(6-11(7-16)20-8)13(19)14-10-3-2-9(4-10)12(17)18/h2-3,8-11,16H,4-7H2,1H3,(H,14,19)(H,17,18). The number of morpholine rings is 1. The first-order valence-corrected chi connectivity index (χ1v) is 6.72. The molecule has 4 unspecified atom stereocenters. The van der Waals surface area contributed by atoms with Gasteiger partial charge in [0.1, 0.15) is 0 Å². The number of rotatable bonds is 3. The van der Waals surface area contributed by atoms with Crippen LogP contribution < -0.4 is 5.32 Å². The lowest BCUT2D eigenvalue weighted by Crippen LogP contribution is -2.54. The smallest absolute Gasteiger partial charge is 0.318 e. The molecule has 112 valence electrons. The Balaban J connectivity index is 1.86. The highest BCUT2D eigenvalue weighted by molar-refractivity contribution is 5.76. The SMILES string of the molecule is CC1CN(C(=O)NC2C=CC(C(=O)O)C2)CC(CO)O1. The van der Waals surface area contributed by atoms with Gasteiger partial charge in [0.05, 0.1) is 37.3 Å². The van der Waals surface area contributed by atoms with Gasteiger partial charge >= 0.3 is 12.0 Å². The summed E-state index contributed by atoms with van der Waals surface area (Å²) in [7, 11) is 0. The number of ether oxygens (including phenoxy) is 1. The van der Waals surface area contributed by atoms with Gasteiger partial charge in [-0.1, -0.05) is 12.2 Å². The van der Waals surface area contributed by atoms with Crippen molar-refractivity contribution in [3.8, 4) is 0 Å². The first-order chi connectivity index (χ1) is 9.49. The van der Waals surface area contributed by atoms with E-state index in [9.17, 15) is 9.59 Å². The Morgan fingerprint density at radius 1 is 1.40 bits per heavy atom. The van der Waals surface area contributed by atoms with Crippen LogP contribution in [-0.2, 0) is 9.53 Å². The van der Waals surface area contributed by atoms with Crippen molar-refractivity contribution in [2.75, 3.05) is 19.7 Å². The lowest BCUT2D eigenvalue weighted by Gasteiger charge is -2.36. The fraction of sp³-hybridized carbons (Fsp3) is 0.692. The number of carbonyl (C=O) groups excluding carboxylic acids is 1. The molecule has 1 fully saturated rings. The number of nitrogens with one attached hydrogen (secondary N) is 1. The average Bonchev–Trinajstić information content (AvgIpc) is 2.86. The fourth-order valence-corrected chi connectivity index (χ4v) is 2.55. The Kier molecular flexibility index (Phi) is 4.61. The van der Waals surface area contributed by atoms with E-state index < -0.39 is 11.9 Å². The third-order valence-electron chi connectivity index (χ3n) is 3.53. The van der Waals surface area contributed by atoms with Crippen LogP contribution >= 0.6 is 0 Å². The van der Waals surface area contributed by atoms with Crippen LogP contribution in [0.15, 0.2) is 12.2 Å². The van der Waals surface area contributed by atoms with Gasteiger partial charge in [0.2, 0.25) is 0 Å². The number of aliphatic hydroxyl groups excluding tert-OH is 1. The van der Waals surface area contributed by atoms with Gasteiger partial charge in [-0.25, -0.2) is 4.79 Å². The molecule has 0 aromatic heterocycles. The lowest BCUT2D eigenvalue weighted by molar-refractivity contribution is -0.140. The third-order valence-corrected chi connectivity index (χ3v) is 3.53. The molecule has 7 nitrogen and oxygen atoms in total. The Morgan fingerprint density at radius 3 is 2.75 bits per heavy atom. The summed E-state index contributed by atoms with van der Waals surface area (Å²) in [5.41, 5.74) is 0. The zero-order valence-corrected chi connectivity index (χ0v) is 11.4. The van der Waals surface area contributed by atoms with Crippen LogP contribution in [0.3, 0.4) is 0 Å². The Hall–Kier alpha value is -1.60. The molecule has 0 aromatic carbocycles. The zero-order chi connectivity index (χ0) is 14.7. The van der Waals surface area contributed by atoms with E-state index in [1.165, 1.54) is 0 Å². The molecule has 4 atom stereocenters. The normalized spacial score (nSPS) is 33.2. The van der Waals surface area contributed by atoms with Crippen LogP contribution in [0.25, 0.3) is 0 Å². The molecule has 2 amide bonds. The van der Waals surface area contributed by atoms with Crippen LogP contribution in [0, 0.1) is 5.92 Å². The number of nitrogens with zero attached hydrogens (tertiary/aromatic N) is 1. The van der Waals surface area contributed by atoms with Gasteiger partial charge in [-0.15, -0.1) is 0 Å². The summed E-state index contributed by atoms with van der Waals surface area (Å²) in [6.45, 7) is 2.52. The molecule has 0 spiro atoms. The van der Waals surface area contributed by atoms with Crippen LogP contribution in [0.5, 0.6) is 0 Å². The van der Waals surface area contributed by atoms with Gasteiger partial charge in [-0.05, 0) is 13.3 Å². The van der Waals surface area contributed by atoms with Crippen LogP contribution in [0.1, 0.15) is 13.3 Å². The van der Waals surface area contributed by atoms with E-state index in [0.29, 0.717) is 19.5 Å². The number of aliphatic carboxylic acids is 1. The lowest BCUT2D eigenvalue weighted by atomic mass is 10.1. The summed E-state index contributed by atoms with van der Waals surface area (Å²) in [4.78, 5) is 24.6. The van der Waals surface area contributed by atoms with Crippen molar-refractivity contribution >= 4 is 12.0 Å². The molecular formula is C13H20N2O5. The summed E-state index contributed by atoms with van der Waals surface area (Å²) >= 11 is 0. The summed E-state index contributed by atoms with van der Waals surface area (Å²) in [5.74, 6) is -1.41. The topological polar surface area (TPSA) is 99.1 Å². The average molecular weight is 284 g/mol.